The van der Waals surface area contributed by atoms with Crippen LogP contribution < -0.4 is 11.1 Å². The van der Waals surface area contributed by atoms with E-state index in [2.05, 4.69) is 5.32 Å². The van der Waals surface area contributed by atoms with E-state index in [1.807, 2.05) is 0 Å². The summed E-state index contributed by atoms with van der Waals surface area (Å²) in [6.07, 6.45) is 0.818. The number of rotatable bonds is 5. The minimum absolute atomic E-state index is 0.126. The number of amides is 1. The van der Waals surface area contributed by atoms with Crippen LogP contribution in [0.3, 0.4) is 0 Å². The van der Waals surface area contributed by atoms with Crippen LogP contribution in [0.4, 0.5) is 0 Å². The molecule has 1 amide bonds. The van der Waals surface area contributed by atoms with Gasteiger partial charge in [0.05, 0.1) is 5.54 Å². The highest BCUT2D eigenvalue weighted by atomic mass is 16.5. The summed E-state index contributed by atoms with van der Waals surface area (Å²) in [6, 6.07) is 0. The van der Waals surface area contributed by atoms with Gasteiger partial charge in [0.25, 0.3) is 0 Å². The van der Waals surface area contributed by atoms with Crippen LogP contribution in [0.15, 0.2) is 0 Å². The molecule has 3 N–H and O–H groups in total. The quantitative estimate of drug-likeness (QED) is 0.571. The topological polar surface area (TPSA) is 64.3 Å². The van der Waals surface area contributed by atoms with Crippen molar-refractivity contribution in [3.63, 3.8) is 0 Å². The number of nitrogens with one attached hydrogen (secondary N) is 1. The van der Waals surface area contributed by atoms with Crippen molar-refractivity contribution < 1.29 is 9.53 Å². The second kappa shape index (κ2) is 5.11. The molecular weight excluding hydrogens is 156 g/mol. The second-order valence-corrected chi connectivity index (χ2v) is 3.32. The fraction of sp³-hybridized carbons (Fsp3) is 0.875. The van der Waals surface area contributed by atoms with Gasteiger partial charge >= 0.3 is 0 Å². The van der Waals surface area contributed by atoms with Crippen molar-refractivity contribution >= 4 is 5.91 Å². The standard InChI is InChI=1S/C8H18N2O2/c1-8(2,9)7(11)10-5-4-6-12-3/h4-6,9H2,1-3H3,(H,10,11). The van der Waals surface area contributed by atoms with Crippen LogP contribution >= 0.6 is 0 Å². The Labute approximate surface area is 73.5 Å². The number of methoxy groups -OCH3 is 1. The molecule has 0 heterocycles. The zero-order valence-corrected chi connectivity index (χ0v) is 8.02. The van der Waals surface area contributed by atoms with Crippen molar-refractivity contribution in [3.8, 4) is 0 Å². The predicted molar refractivity (Wildman–Crippen MR) is 47.8 cm³/mol. The van der Waals surface area contributed by atoms with E-state index in [0.717, 1.165) is 6.42 Å². The molecule has 0 rings (SSSR count). The average Bonchev–Trinajstić information content (AvgIpc) is 1.96. The number of carbonyl (C=O) groups excluding carboxylic acids is 1. The van der Waals surface area contributed by atoms with E-state index in [0.29, 0.717) is 13.2 Å². The van der Waals surface area contributed by atoms with Gasteiger partial charge in [-0.15, -0.1) is 0 Å². The molecule has 0 radical (unpaired) electrons. The molecule has 0 aromatic rings. The third-order valence-electron chi connectivity index (χ3n) is 1.40. The number of nitrogens with two attached hydrogens (primary N) is 1. The molecule has 0 aliphatic carbocycles. The summed E-state index contributed by atoms with van der Waals surface area (Å²) >= 11 is 0. The highest BCUT2D eigenvalue weighted by Crippen LogP contribution is 1.95. The van der Waals surface area contributed by atoms with Crippen molar-refractivity contribution in [2.45, 2.75) is 25.8 Å². The SMILES string of the molecule is COCCCNC(=O)C(C)(C)N. The molecule has 0 aliphatic heterocycles. The fourth-order valence-electron chi connectivity index (χ4n) is 0.646. The summed E-state index contributed by atoms with van der Waals surface area (Å²) in [7, 11) is 1.63. The fourth-order valence-corrected chi connectivity index (χ4v) is 0.646. The third-order valence-corrected chi connectivity index (χ3v) is 1.40. The van der Waals surface area contributed by atoms with Crippen molar-refractivity contribution in [3.05, 3.63) is 0 Å². The number of carbonyl (C=O) groups is 1. The maximum Gasteiger partial charge on any atom is 0.239 e. The Bertz CT molecular complexity index is 140. The molecule has 0 aromatic heterocycles. The van der Waals surface area contributed by atoms with Gasteiger partial charge in [-0.2, -0.15) is 0 Å². The Morgan fingerprint density at radius 1 is 1.58 bits per heavy atom. The van der Waals surface area contributed by atoms with Crippen molar-refractivity contribution in [1.29, 1.82) is 0 Å². The molecule has 0 atom stereocenters. The Balaban J connectivity index is 3.45. The van der Waals surface area contributed by atoms with Crippen LogP contribution in [0, 0.1) is 0 Å². The lowest BCUT2D eigenvalue weighted by Gasteiger charge is -2.17. The molecule has 4 nitrogen and oxygen atoms in total. The first kappa shape index (κ1) is 11.4. The largest absolute Gasteiger partial charge is 0.385 e. The molecule has 0 aromatic carbocycles. The lowest BCUT2D eigenvalue weighted by molar-refractivity contribution is -0.125. The Kier molecular flexibility index (Phi) is 4.85. The van der Waals surface area contributed by atoms with Crippen molar-refractivity contribution in [2.75, 3.05) is 20.3 Å². The van der Waals surface area contributed by atoms with Gasteiger partial charge in [0.2, 0.25) is 5.91 Å². The van der Waals surface area contributed by atoms with E-state index in [9.17, 15) is 4.79 Å². The maximum absolute atomic E-state index is 11.2. The summed E-state index contributed by atoms with van der Waals surface area (Å²) in [5.41, 5.74) is 4.77. The lowest BCUT2D eigenvalue weighted by atomic mass is 10.1. The van der Waals surface area contributed by atoms with Crippen LogP contribution in [0.2, 0.25) is 0 Å². The summed E-state index contributed by atoms with van der Waals surface area (Å²) in [5, 5.41) is 2.71. The van der Waals surface area contributed by atoms with E-state index in [1.54, 1.807) is 21.0 Å². The van der Waals surface area contributed by atoms with Gasteiger partial charge in [0, 0.05) is 20.3 Å². The molecule has 0 saturated heterocycles. The maximum atomic E-state index is 11.2. The monoisotopic (exact) mass is 174 g/mol. The Morgan fingerprint density at radius 3 is 2.58 bits per heavy atom. The molecule has 12 heavy (non-hydrogen) atoms. The average molecular weight is 174 g/mol. The lowest BCUT2D eigenvalue weighted by Crippen LogP contribution is -2.49. The van der Waals surface area contributed by atoms with Gasteiger partial charge in [-0.1, -0.05) is 0 Å². The van der Waals surface area contributed by atoms with Gasteiger partial charge in [-0.3, -0.25) is 4.79 Å². The second-order valence-electron chi connectivity index (χ2n) is 3.32. The molecule has 0 aliphatic rings. The van der Waals surface area contributed by atoms with E-state index < -0.39 is 5.54 Å². The molecular formula is C8H18N2O2. The zero-order valence-electron chi connectivity index (χ0n) is 8.02. The first-order chi connectivity index (χ1) is 5.48. The molecule has 0 fully saturated rings. The van der Waals surface area contributed by atoms with E-state index in [1.165, 1.54) is 0 Å². The zero-order chi connectivity index (χ0) is 9.61. The summed E-state index contributed by atoms with van der Waals surface area (Å²) in [4.78, 5) is 11.2. The van der Waals surface area contributed by atoms with Gasteiger partial charge in [0.1, 0.15) is 0 Å². The van der Waals surface area contributed by atoms with Crippen LogP contribution in [-0.4, -0.2) is 31.7 Å². The summed E-state index contributed by atoms with van der Waals surface area (Å²) in [6.45, 7) is 4.63. The smallest absolute Gasteiger partial charge is 0.239 e. The number of ether oxygens (including phenoxy) is 1. The first-order valence-corrected chi connectivity index (χ1v) is 4.04. The first-order valence-electron chi connectivity index (χ1n) is 4.04. The number of hydrogen-bond donors (Lipinski definition) is 2. The van der Waals surface area contributed by atoms with Crippen LogP contribution in [0.1, 0.15) is 20.3 Å². The number of hydrogen-bond acceptors (Lipinski definition) is 3. The third kappa shape index (κ3) is 5.09. The van der Waals surface area contributed by atoms with E-state index in [4.69, 9.17) is 10.5 Å². The van der Waals surface area contributed by atoms with Crippen LogP contribution in [-0.2, 0) is 9.53 Å². The summed E-state index contributed by atoms with van der Waals surface area (Å²) in [5.74, 6) is -0.126. The Morgan fingerprint density at radius 2 is 2.17 bits per heavy atom. The van der Waals surface area contributed by atoms with Crippen LogP contribution in [0.25, 0.3) is 0 Å². The van der Waals surface area contributed by atoms with Crippen LogP contribution in [0.5, 0.6) is 0 Å². The van der Waals surface area contributed by atoms with Gasteiger partial charge in [0.15, 0.2) is 0 Å². The van der Waals surface area contributed by atoms with Gasteiger partial charge in [-0.05, 0) is 20.3 Å². The van der Waals surface area contributed by atoms with Gasteiger partial charge < -0.3 is 15.8 Å². The van der Waals surface area contributed by atoms with Crippen molar-refractivity contribution in [2.24, 2.45) is 5.73 Å². The highest BCUT2D eigenvalue weighted by Gasteiger charge is 2.20. The van der Waals surface area contributed by atoms with Crippen molar-refractivity contribution in [1.82, 2.24) is 5.32 Å². The van der Waals surface area contributed by atoms with E-state index in [-0.39, 0.29) is 5.91 Å². The minimum atomic E-state index is -0.785. The summed E-state index contributed by atoms with van der Waals surface area (Å²) < 4.78 is 4.83. The predicted octanol–water partition coefficient (Wildman–Crippen LogP) is -0.124. The minimum Gasteiger partial charge on any atom is -0.385 e. The molecule has 0 saturated carbocycles. The molecule has 4 heteroatoms. The molecule has 0 unspecified atom stereocenters. The highest BCUT2D eigenvalue weighted by molar-refractivity contribution is 5.84. The normalized spacial score (nSPS) is 11.3. The molecule has 0 spiro atoms. The van der Waals surface area contributed by atoms with E-state index >= 15 is 0 Å². The molecule has 0 bridgehead atoms. The van der Waals surface area contributed by atoms with Gasteiger partial charge in [-0.25, -0.2) is 0 Å². The Hall–Kier alpha value is -0.610. The molecule has 72 valence electrons.